The van der Waals surface area contributed by atoms with Crippen LogP contribution in [0.25, 0.3) is 0 Å². The molecule has 0 nitrogen and oxygen atoms in total. The minimum Gasteiger partial charge on any atom is -0.243 e. The van der Waals surface area contributed by atoms with Gasteiger partial charge in [0.05, 0.1) is 7.85 Å². The van der Waals surface area contributed by atoms with E-state index < -0.39 is 6.17 Å². The molecule has 0 aromatic carbocycles. The number of hydrogen-bond acceptors (Lipinski definition) is 0. The molecule has 0 aromatic rings. The van der Waals surface area contributed by atoms with Gasteiger partial charge < -0.3 is 0 Å². The Morgan fingerprint density at radius 3 is 2.67 bits per heavy atom. The molecule has 0 spiro atoms. The van der Waals surface area contributed by atoms with E-state index >= 15 is 0 Å². The molecule has 0 N–H and O–H groups in total. The minimum atomic E-state index is -0.773. The van der Waals surface area contributed by atoms with Crippen LogP contribution in [0.3, 0.4) is 0 Å². The SMILES string of the molecule is [B]C1C=CC(F)C(C)C1. The van der Waals surface area contributed by atoms with Gasteiger partial charge in [-0.15, -0.1) is 0 Å². The van der Waals surface area contributed by atoms with E-state index in [1.807, 2.05) is 6.92 Å². The van der Waals surface area contributed by atoms with Crippen molar-refractivity contribution in [3.05, 3.63) is 12.2 Å². The Morgan fingerprint density at radius 2 is 2.22 bits per heavy atom. The van der Waals surface area contributed by atoms with Gasteiger partial charge in [0.15, 0.2) is 0 Å². The monoisotopic (exact) mass is 124 g/mol. The molecule has 0 aliphatic heterocycles. The highest BCUT2D eigenvalue weighted by atomic mass is 19.1. The first-order valence-corrected chi connectivity index (χ1v) is 3.28. The lowest BCUT2D eigenvalue weighted by Gasteiger charge is -2.21. The fourth-order valence-corrected chi connectivity index (χ4v) is 1.08. The highest BCUT2D eigenvalue weighted by molar-refractivity contribution is 6.13. The van der Waals surface area contributed by atoms with Crippen LogP contribution < -0.4 is 0 Å². The first-order chi connectivity index (χ1) is 4.20. The molecule has 3 unspecified atom stereocenters. The average molecular weight is 124 g/mol. The second kappa shape index (κ2) is 2.55. The van der Waals surface area contributed by atoms with Crippen LogP contribution in [0.2, 0.25) is 5.82 Å². The smallest absolute Gasteiger partial charge is 0.121 e. The summed E-state index contributed by atoms with van der Waals surface area (Å²) < 4.78 is 12.6. The van der Waals surface area contributed by atoms with Crippen molar-refractivity contribution in [1.29, 1.82) is 0 Å². The molecule has 0 saturated heterocycles. The van der Waals surface area contributed by atoms with Gasteiger partial charge in [-0.05, 0) is 12.3 Å². The lowest BCUT2D eigenvalue weighted by Crippen LogP contribution is -2.16. The van der Waals surface area contributed by atoms with Gasteiger partial charge in [0.25, 0.3) is 0 Å². The summed E-state index contributed by atoms with van der Waals surface area (Å²) in [7, 11) is 5.53. The Hall–Kier alpha value is -0.265. The van der Waals surface area contributed by atoms with Crippen LogP contribution in [0, 0.1) is 5.92 Å². The summed E-state index contributed by atoms with van der Waals surface area (Å²) in [4.78, 5) is 0. The van der Waals surface area contributed by atoms with E-state index in [1.54, 1.807) is 12.2 Å². The molecule has 48 valence electrons. The van der Waals surface area contributed by atoms with E-state index in [0.717, 1.165) is 6.42 Å². The summed E-state index contributed by atoms with van der Waals surface area (Å²) in [6, 6.07) is 0. The molecule has 2 heteroatoms. The molecule has 0 amide bonds. The molecular weight excluding hydrogens is 114 g/mol. The summed E-state index contributed by atoms with van der Waals surface area (Å²) in [5, 5.41) is 0. The number of halogens is 1. The van der Waals surface area contributed by atoms with Gasteiger partial charge in [0, 0.05) is 0 Å². The maximum atomic E-state index is 12.6. The van der Waals surface area contributed by atoms with Crippen molar-refractivity contribution in [1.82, 2.24) is 0 Å². The molecule has 1 rings (SSSR count). The van der Waals surface area contributed by atoms with Gasteiger partial charge in [0.2, 0.25) is 0 Å². The average Bonchev–Trinajstić information content (AvgIpc) is 1.80. The highest BCUT2D eigenvalue weighted by Crippen LogP contribution is 2.26. The third-order valence-electron chi connectivity index (χ3n) is 1.73. The fraction of sp³-hybridized carbons (Fsp3) is 0.714. The lowest BCUT2D eigenvalue weighted by atomic mass is 9.75. The van der Waals surface area contributed by atoms with E-state index in [0.29, 0.717) is 0 Å². The van der Waals surface area contributed by atoms with Crippen LogP contribution in [0.15, 0.2) is 12.2 Å². The summed E-state index contributed by atoms with van der Waals surface area (Å²) in [6.07, 6.45) is 3.30. The third-order valence-corrected chi connectivity index (χ3v) is 1.73. The van der Waals surface area contributed by atoms with Gasteiger partial charge in [-0.3, -0.25) is 0 Å². The Morgan fingerprint density at radius 1 is 1.56 bits per heavy atom. The van der Waals surface area contributed by atoms with E-state index in [1.165, 1.54) is 0 Å². The standard InChI is InChI=1S/C7H10BF/c1-5-4-6(8)2-3-7(5)9/h2-3,5-7H,4H2,1H3. The van der Waals surface area contributed by atoms with E-state index in [-0.39, 0.29) is 11.7 Å². The van der Waals surface area contributed by atoms with E-state index in [4.69, 9.17) is 7.85 Å². The molecule has 2 radical (unpaired) electrons. The van der Waals surface area contributed by atoms with Crippen LogP contribution in [-0.2, 0) is 0 Å². The second-order valence-corrected chi connectivity index (χ2v) is 2.71. The van der Waals surface area contributed by atoms with Crippen LogP contribution in [0.1, 0.15) is 13.3 Å². The van der Waals surface area contributed by atoms with E-state index in [9.17, 15) is 4.39 Å². The van der Waals surface area contributed by atoms with Crippen LogP contribution >= 0.6 is 0 Å². The van der Waals surface area contributed by atoms with Crippen molar-refractivity contribution in [3.8, 4) is 0 Å². The van der Waals surface area contributed by atoms with Crippen molar-refractivity contribution in [2.75, 3.05) is 0 Å². The van der Waals surface area contributed by atoms with E-state index in [2.05, 4.69) is 0 Å². The predicted molar refractivity (Wildman–Crippen MR) is 37.3 cm³/mol. The molecule has 3 atom stereocenters. The lowest BCUT2D eigenvalue weighted by molar-refractivity contribution is 0.275. The number of allylic oxidation sites excluding steroid dienone is 2. The normalized spacial score (nSPS) is 43.1. The first-order valence-electron chi connectivity index (χ1n) is 3.28. The van der Waals surface area contributed by atoms with Crippen molar-refractivity contribution < 1.29 is 4.39 Å². The van der Waals surface area contributed by atoms with Crippen molar-refractivity contribution >= 4 is 7.85 Å². The summed E-state index contributed by atoms with van der Waals surface area (Å²) >= 11 is 0. The maximum absolute atomic E-state index is 12.6. The minimum absolute atomic E-state index is 0.0759. The quantitative estimate of drug-likeness (QED) is 0.341. The molecule has 1 aliphatic carbocycles. The number of hydrogen-bond donors (Lipinski definition) is 0. The van der Waals surface area contributed by atoms with Crippen LogP contribution in [0.4, 0.5) is 4.39 Å². The van der Waals surface area contributed by atoms with Gasteiger partial charge >= 0.3 is 0 Å². The Kier molecular flexibility index (Phi) is 1.94. The van der Waals surface area contributed by atoms with Crippen molar-refractivity contribution in [2.24, 2.45) is 5.92 Å². The topological polar surface area (TPSA) is 0 Å². The first kappa shape index (κ1) is 6.85. The van der Waals surface area contributed by atoms with Crippen LogP contribution in [0.5, 0.6) is 0 Å². The summed E-state index contributed by atoms with van der Waals surface area (Å²) in [5.74, 6) is 0.178. The van der Waals surface area contributed by atoms with Gasteiger partial charge in [-0.2, -0.15) is 0 Å². The van der Waals surface area contributed by atoms with Crippen molar-refractivity contribution in [3.63, 3.8) is 0 Å². The molecule has 1 aliphatic rings. The third kappa shape index (κ3) is 1.57. The Bertz CT molecular complexity index is 122. The van der Waals surface area contributed by atoms with Gasteiger partial charge in [-0.1, -0.05) is 24.9 Å². The van der Waals surface area contributed by atoms with Crippen molar-refractivity contribution in [2.45, 2.75) is 25.3 Å². The fourth-order valence-electron chi connectivity index (χ4n) is 1.08. The zero-order valence-corrected chi connectivity index (χ0v) is 5.55. The van der Waals surface area contributed by atoms with Gasteiger partial charge in [0.1, 0.15) is 6.17 Å². The Labute approximate surface area is 56.6 Å². The zero-order valence-electron chi connectivity index (χ0n) is 5.55. The molecule has 9 heavy (non-hydrogen) atoms. The molecule has 0 aromatic heterocycles. The molecular formula is C7H10BF. The highest BCUT2D eigenvalue weighted by Gasteiger charge is 2.18. The summed E-state index contributed by atoms with van der Waals surface area (Å²) in [5.41, 5.74) is 0. The summed E-state index contributed by atoms with van der Waals surface area (Å²) in [6.45, 7) is 1.88. The Balaban J connectivity index is 2.54. The van der Waals surface area contributed by atoms with Gasteiger partial charge in [-0.25, -0.2) is 4.39 Å². The molecule has 0 fully saturated rings. The largest absolute Gasteiger partial charge is 0.243 e. The zero-order chi connectivity index (χ0) is 6.85. The second-order valence-electron chi connectivity index (χ2n) is 2.71. The predicted octanol–water partition coefficient (Wildman–Crippen LogP) is 1.88. The molecule has 0 bridgehead atoms. The van der Waals surface area contributed by atoms with Crippen LogP contribution in [-0.4, -0.2) is 14.0 Å². The molecule has 0 saturated carbocycles. The number of rotatable bonds is 0. The molecule has 0 heterocycles. The maximum Gasteiger partial charge on any atom is 0.121 e. The number of alkyl halides is 1.